The van der Waals surface area contributed by atoms with Crippen molar-refractivity contribution in [3.05, 3.63) is 65.5 Å². The smallest absolute Gasteiger partial charge is 0.344 e. The molecule has 0 aliphatic rings. The molecule has 3 rings (SSSR count). The first-order valence-corrected chi connectivity index (χ1v) is 8.98. The molecule has 1 heterocycles. The normalized spacial score (nSPS) is 11.3. The molecule has 3 aromatic rings. The van der Waals surface area contributed by atoms with Crippen molar-refractivity contribution in [2.75, 3.05) is 0 Å². The maximum atomic E-state index is 12.4. The Hall–Kier alpha value is -2.80. The summed E-state index contributed by atoms with van der Waals surface area (Å²) in [5.74, 6) is 1.64. The quantitative estimate of drug-likeness (QED) is 0.637. The molecule has 7 heteroatoms. The van der Waals surface area contributed by atoms with E-state index in [0.29, 0.717) is 11.5 Å². The van der Waals surface area contributed by atoms with Crippen LogP contribution in [0.3, 0.4) is 0 Å². The van der Waals surface area contributed by atoms with Crippen LogP contribution in [0.5, 0.6) is 17.2 Å². The minimum absolute atomic E-state index is 0.0486. The van der Waals surface area contributed by atoms with Crippen LogP contribution >= 0.6 is 0 Å². The number of benzene rings is 2. The van der Waals surface area contributed by atoms with Gasteiger partial charge in [-0.05, 0) is 57.2 Å². The van der Waals surface area contributed by atoms with Gasteiger partial charge in [0, 0.05) is 0 Å². The van der Waals surface area contributed by atoms with Gasteiger partial charge in [0.1, 0.15) is 22.9 Å². The lowest BCUT2D eigenvalue weighted by Crippen LogP contribution is -2.11. The summed E-state index contributed by atoms with van der Waals surface area (Å²) >= 11 is 0. The SMILES string of the molecule is Cc1ccc(Oc2ccc(OS(=O)(=O)c3c(C)noc3C)cc2)cc1. The Bertz CT molecular complexity index is 954. The molecular formula is C18H17NO5S. The molecule has 0 amide bonds. The van der Waals surface area contributed by atoms with Crippen LogP contribution in [-0.2, 0) is 10.1 Å². The van der Waals surface area contributed by atoms with E-state index in [2.05, 4.69) is 5.16 Å². The van der Waals surface area contributed by atoms with Crippen molar-refractivity contribution in [3.8, 4) is 17.2 Å². The maximum Gasteiger partial charge on any atom is 0.344 e. The van der Waals surface area contributed by atoms with Crippen molar-refractivity contribution in [1.29, 1.82) is 0 Å². The standard InChI is InChI=1S/C18H17NO5S/c1-12-4-6-15(7-5-12)22-16-8-10-17(11-9-16)24-25(20,21)18-13(2)19-23-14(18)3/h4-11H,1-3H3. The number of hydrogen-bond donors (Lipinski definition) is 0. The highest BCUT2D eigenvalue weighted by Gasteiger charge is 2.26. The van der Waals surface area contributed by atoms with Gasteiger partial charge in [-0.1, -0.05) is 22.9 Å². The molecular weight excluding hydrogens is 342 g/mol. The van der Waals surface area contributed by atoms with E-state index in [1.165, 1.54) is 19.1 Å². The Labute approximate surface area is 146 Å². The van der Waals surface area contributed by atoms with E-state index in [-0.39, 0.29) is 22.1 Å². The average Bonchev–Trinajstić information content (AvgIpc) is 2.91. The van der Waals surface area contributed by atoms with Crippen molar-refractivity contribution in [3.63, 3.8) is 0 Å². The molecule has 0 aliphatic carbocycles. The zero-order valence-corrected chi connectivity index (χ0v) is 14.8. The summed E-state index contributed by atoms with van der Waals surface area (Å²) < 4.78 is 40.4. The zero-order chi connectivity index (χ0) is 18.0. The van der Waals surface area contributed by atoms with Crippen LogP contribution < -0.4 is 8.92 Å². The lowest BCUT2D eigenvalue weighted by atomic mass is 10.2. The van der Waals surface area contributed by atoms with Crippen molar-refractivity contribution in [2.24, 2.45) is 0 Å². The molecule has 0 unspecified atom stereocenters. The molecule has 0 N–H and O–H groups in total. The summed E-state index contributed by atoms with van der Waals surface area (Å²) in [6.07, 6.45) is 0. The van der Waals surface area contributed by atoms with Gasteiger partial charge in [0.2, 0.25) is 0 Å². The van der Waals surface area contributed by atoms with E-state index < -0.39 is 10.1 Å². The van der Waals surface area contributed by atoms with E-state index >= 15 is 0 Å². The van der Waals surface area contributed by atoms with Gasteiger partial charge in [-0.15, -0.1) is 0 Å². The minimum atomic E-state index is -4.00. The molecule has 0 radical (unpaired) electrons. The molecule has 0 saturated carbocycles. The first-order chi connectivity index (χ1) is 11.8. The predicted octanol–water partition coefficient (Wildman–Crippen LogP) is 4.16. The molecule has 25 heavy (non-hydrogen) atoms. The Morgan fingerprint density at radius 2 is 1.36 bits per heavy atom. The Balaban J connectivity index is 1.75. The highest BCUT2D eigenvalue weighted by Crippen LogP contribution is 2.27. The largest absolute Gasteiger partial charge is 0.457 e. The fourth-order valence-electron chi connectivity index (χ4n) is 2.31. The average molecular weight is 359 g/mol. The molecule has 6 nitrogen and oxygen atoms in total. The van der Waals surface area contributed by atoms with E-state index in [1.54, 1.807) is 19.1 Å². The molecule has 1 aromatic heterocycles. The molecule has 0 fully saturated rings. The molecule has 0 atom stereocenters. The van der Waals surface area contributed by atoms with Crippen LogP contribution in [0.2, 0.25) is 0 Å². The van der Waals surface area contributed by atoms with E-state index in [4.69, 9.17) is 13.4 Å². The van der Waals surface area contributed by atoms with Gasteiger partial charge >= 0.3 is 10.1 Å². The summed E-state index contributed by atoms with van der Waals surface area (Å²) in [5, 5.41) is 3.64. The molecule has 0 bridgehead atoms. The first-order valence-electron chi connectivity index (χ1n) is 7.57. The van der Waals surface area contributed by atoms with Gasteiger partial charge < -0.3 is 13.4 Å². The highest BCUT2D eigenvalue weighted by molar-refractivity contribution is 7.87. The van der Waals surface area contributed by atoms with Crippen LogP contribution in [-0.4, -0.2) is 13.6 Å². The van der Waals surface area contributed by atoms with Gasteiger partial charge in [-0.2, -0.15) is 8.42 Å². The summed E-state index contributed by atoms with van der Waals surface area (Å²) in [4.78, 5) is -0.0486. The van der Waals surface area contributed by atoms with Gasteiger partial charge in [-0.3, -0.25) is 0 Å². The van der Waals surface area contributed by atoms with Crippen molar-refractivity contribution in [1.82, 2.24) is 5.16 Å². The van der Waals surface area contributed by atoms with Crippen LogP contribution in [0.1, 0.15) is 17.0 Å². The Kier molecular flexibility index (Phi) is 4.50. The minimum Gasteiger partial charge on any atom is -0.457 e. The van der Waals surface area contributed by atoms with Gasteiger partial charge in [0.15, 0.2) is 10.7 Å². The second kappa shape index (κ2) is 6.60. The lowest BCUT2D eigenvalue weighted by Gasteiger charge is -2.09. The Morgan fingerprint density at radius 1 is 0.840 bits per heavy atom. The third-order valence-electron chi connectivity index (χ3n) is 3.50. The van der Waals surface area contributed by atoms with Crippen LogP contribution in [0.4, 0.5) is 0 Å². The maximum absolute atomic E-state index is 12.4. The molecule has 0 saturated heterocycles. The van der Waals surface area contributed by atoms with Gasteiger partial charge in [-0.25, -0.2) is 0 Å². The van der Waals surface area contributed by atoms with E-state index in [9.17, 15) is 8.42 Å². The summed E-state index contributed by atoms with van der Waals surface area (Å²) in [6.45, 7) is 5.06. The molecule has 0 spiro atoms. The highest BCUT2D eigenvalue weighted by atomic mass is 32.2. The summed E-state index contributed by atoms with van der Waals surface area (Å²) in [5.41, 5.74) is 1.40. The van der Waals surface area contributed by atoms with Crippen molar-refractivity contribution < 1.29 is 21.9 Å². The van der Waals surface area contributed by atoms with Gasteiger partial charge in [0.25, 0.3) is 0 Å². The lowest BCUT2D eigenvalue weighted by molar-refractivity contribution is 0.389. The summed E-state index contributed by atoms with van der Waals surface area (Å²) in [6, 6.07) is 13.9. The fraction of sp³-hybridized carbons (Fsp3) is 0.167. The zero-order valence-electron chi connectivity index (χ0n) is 14.0. The van der Waals surface area contributed by atoms with Gasteiger partial charge in [0.05, 0.1) is 0 Å². The summed E-state index contributed by atoms with van der Waals surface area (Å²) in [7, 11) is -4.00. The number of ether oxygens (including phenoxy) is 1. The number of nitrogens with zero attached hydrogens (tertiary/aromatic N) is 1. The Morgan fingerprint density at radius 3 is 1.88 bits per heavy atom. The predicted molar refractivity (Wildman–Crippen MR) is 91.5 cm³/mol. The van der Waals surface area contributed by atoms with Crippen molar-refractivity contribution in [2.45, 2.75) is 25.7 Å². The second-order valence-corrected chi connectivity index (χ2v) is 7.06. The van der Waals surface area contributed by atoms with Crippen LogP contribution in [0.15, 0.2) is 57.9 Å². The number of aryl methyl sites for hydroxylation is 3. The third-order valence-corrected chi connectivity index (χ3v) is 5.00. The van der Waals surface area contributed by atoms with Crippen molar-refractivity contribution >= 4 is 10.1 Å². The number of hydrogen-bond acceptors (Lipinski definition) is 6. The second-order valence-electron chi connectivity index (χ2n) is 5.58. The van der Waals surface area contributed by atoms with Crippen LogP contribution in [0, 0.1) is 20.8 Å². The van der Waals surface area contributed by atoms with E-state index in [0.717, 1.165) is 5.56 Å². The number of rotatable bonds is 5. The monoisotopic (exact) mass is 359 g/mol. The number of aromatic nitrogens is 1. The van der Waals surface area contributed by atoms with Crippen LogP contribution in [0.25, 0.3) is 0 Å². The topological polar surface area (TPSA) is 78.6 Å². The fourth-order valence-corrected chi connectivity index (χ4v) is 3.54. The third kappa shape index (κ3) is 3.83. The molecule has 2 aromatic carbocycles. The first kappa shape index (κ1) is 17.0. The van der Waals surface area contributed by atoms with E-state index in [1.807, 2.05) is 31.2 Å². The molecule has 0 aliphatic heterocycles. The molecule has 130 valence electrons.